The first-order valence-corrected chi connectivity index (χ1v) is 11.0. The average molecular weight is 427 g/mol. The Morgan fingerprint density at radius 3 is 2.40 bits per heavy atom. The number of hydrogen-bond acceptors (Lipinski definition) is 7. The van der Waals surface area contributed by atoms with E-state index in [9.17, 15) is 13.2 Å². The first kappa shape index (κ1) is 20.2. The van der Waals surface area contributed by atoms with Crippen LogP contribution in [0.25, 0.3) is 5.82 Å². The van der Waals surface area contributed by atoms with Crippen LogP contribution in [0.15, 0.2) is 53.8 Å². The number of aromatic nitrogens is 4. The van der Waals surface area contributed by atoms with Gasteiger partial charge in [-0.15, -0.1) is 0 Å². The molecule has 30 heavy (non-hydrogen) atoms. The fourth-order valence-electron chi connectivity index (χ4n) is 3.36. The molecule has 0 saturated carbocycles. The number of hydrogen-bond donors (Lipinski definition) is 0. The molecule has 1 aromatic carbocycles. The van der Waals surface area contributed by atoms with E-state index in [2.05, 4.69) is 15.1 Å². The zero-order valence-corrected chi connectivity index (χ0v) is 17.6. The van der Waals surface area contributed by atoms with Gasteiger partial charge in [-0.05, 0) is 32.0 Å². The second-order valence-corrected chi connectivity index (χ2v) is 9.05. The highest BCUT2D eigenvalue weighted by molar-refractivity contribution is 7.89. The Balaban J connectivity index is 1.49. The van der Waals surface area contributed by atoms with E-state index in [-0.39, 0.29) is 10.7 Å². The molecular formula is C20H22N6O3S. The van der Waals surface area contributed by atoms with Crippen molar-refractivity contribution >= 4 is 21.6 Å². The highest BCUT2D eigenvalue weighted by Gasteiger charge is 2.29. The van der Waals surface area contributed by atoms with Gasteiger partial charge >= 0.3 is 0 Å². The average Bonchev–Trinajstić information content (AvgIpc) is 3.20. The van der Waals surface area contributed by atoms with Crippen LogP contribution < -0.4 is 4.90 Å². The van der Waals surface area contributed by atoms with E-state index in [1.54, 1.807) is 16.8 Å². The lowest BCUT2D eigenvalue weighted by Gasteiger charge is -2.34. The Morgan fingerprint density at radius 1 is 1.00 bits per heavy atom. The second kappa shape index (κ2) is 7.96. The SMILES string of the molecule is CC(=O)c1cccc(S(=O)(=O)N2CCN(c3cc(-n4ccc(C)n4)ncn3)CC2)c1. The van der Waals surface area contributed by atoms with Gasteiger partial charge in [-0.2, -0.15) is 9.40 Å². The van der Waals surface area contributed by atoms with Gasteiger partial charge in [-0.25, -0.2) is 23.1 Å². The van der Waals surface area contributed by atoms with Crippen LogP contribution in [0.3, 0.4) is 0 Å². The largest absolute Gasteiger partial charge is 0.354 e. The molecule has 0 N–H and O–H groups in total. The number of piperazine rings is 1. The summed E-state index contributed by atoms with van der Waals surface area (Å²) < 4.78 is 29.1. The van der Waals surface area contributed by atoms with Gasteiger partial charge in [0.1, 0.15) is 12.1 Å². The van der Waals surface area contributed by atoms with Gasteiger partial charge in [0.25, 0.3) is 0 Å². The molecule has 1 saturated heterocycles. The third-order valence-electron chi connectivity index (χ3n) is 5.04. The first-order valence-electron chi connectivity index (χ1n) is 9.55. The molecule has 4 rings (SSSR count). The number of carbonyl (C=O) groups excluding carboxylic acids is 1. The predicted octanol–water partition coefficient (Wildman–Crippen LogP) is 1.68. The monoisotopic (exact) mass is 426 g/mol. The predicted molar refractivity (Wildman–Crippen MR) is 111 cm³/mol. The van der Waals surface area contributed by atoms with Crippen LogP contribution >= 0.6 is 0 Å². The number of Topliss-reactive ketones (excluding diaryl/α,β-unsaturated/α-hetero) is 1. The maximum absolute atomic E-state index is 13.0. The summed E-state index contributed by atoms with van der Waals surface area (Å²) in [6.07, 6.45) is 3.32. The summed E-state index contributed by atoms with van der Waals surface area (Å²) in [7, 11) is -3.66. The fourth-order valence-corrected chi connectivity index (χ4v) is 4.83. The number of anilines is 1. The number of nitrogens with zero attached hydrogens (tertiary/aromatic N) is 6. The first-order chi connectivity index (χ1) is 14.3. The summed E-state index contributed by atoms with van der Waals surface area (Å²) in [5.74, 6) is 1.22. The lowest BCUT2D eigenvalue weighted by molar-refractivity contribution is 0.101. The summed E-state index contributed by atoms with van der Waals surface area (Å²) in [6.45, 7) is 4.98. The molecule has 10 heteroatoms. The van der Waals surface area contributed by atoms with Gasteiger partial charge in [0.05, 0.1) is 10.6 Å². The van der Waals surface area contributed by atoms with Gasteiger partial charge < -0.3 is 4.90 Å². The van der Waals surface area contributed by atoms with E-state index in [1.807, 2.05) is 30.2 Å². The molecule has 3 aromatic rings. The van der Waals surface area contributed by atoms with Gasteiger partial charge in [0.15, 0.2) is 11.6 Å². The molecule has 2 aromatic heterocycles. The van der Waals surface area contributed by atoms with Crippen LogP contribution in [0.2, 0.25) is 0 Å². The van der Waals surface area contributed by atoms with Crippen molar-refractivity contribution in [2.24, 2.45) is 0 Å². The van der Waals surface area contributed by atoms with Crippen LogP contribution in [0.4, 0.5) is 5.82 Å². The molecular weight excluding hydrogens is 404 g/mol. The Hall–Kier alpha value is -3.11. The zero-order valence-electron chi connectivity index (χ0n) is 16.8. The van der Waals surface area contributed by atoms with Crippen molar-refractivity contribution in [3.8, 4) is 5.82 Å². The van der Waals surface area contributed by atoms with Crippen LogP contribution in [0.1, 0.15) is 23.0 Å². The molecule has 1 aliphatic rings. The Morgan fingerprint density at radius 2 is 1.73 bits per heavy atom. The summed E-state index contributed by atoms with van der Waals surface area (Å²) in [5.41, 5.74) is 1.28. The molecule has 9 nitrogen and oxygen atoms in total. The van der Waals surface area contributed by atoms with Crippen molar-refractivity contribution in [3.63, 3.8) is 0 Å². The molecule has 0 unspecified atom stereocenters. The molecule has 1 fully saturated rings. The molecule has 0 aliphatic carbocycles. The fraction of sp³-hybridized carbons (Fsp3) is 0.300. The summed E-state index contributed by atoms with van der Waals surface area (Å²) >= 11 is 0. The van der Waals surface area contributed by atoms with Crippen LogP contribution in [0, 0.1) is 6.92 Å². The second-order valence-electron chi connectivity index (χ2n) is 7.11. The van der Waals surface area contributed by atoms with Crippen molar-refractivity contribution in [2.45, 2.75) is 18.7 Å². The highest BCUT2D eigenvalue weighted by atomic mass is 32.2. The van der Waals surface area contributed by atoms with Crippen molar-refractivity contribution in [2.75, 3.05) is 31.1 Å². The molecule has 0 atom stereocenters. The summed E-state index contributed by atoms with van der Waals surface area (Å²) in [5, 5.41) is 4.36. The highest BCUT2D eigenvalue weighted by Crippen LogP contribution is 2.21. The van der Waals surface area contributed by atoms with Crippen molar-refractivity contribution in [3.05, 3.63) is 60.2 Å². The number of sulfonamides is 1. The van der Waals surface area contributed by atoms with Gasteiger partial charge in [0, 0.05) is 44.0 Å². The maximum atomic E-state index is 13.0. The molecule has 0 bridgehead atoms. The topological polar surface area (TPSA) is 101 Å². The van der Waals surface area contributed by atoms with E-state index < -0.39 is 10.0 Å². The number of aryl methyl sites for hydroxylation is 1. The molecule has 3 heterocycles. The molecule has 0 amide bonds. The minimum Gasteiger partial charge on any atom is -0.354 e. The Kier molecular flexibility index (Phi) is 5.35. The van der Waals surface area contributed by atoms with E-state index in [0.717, 1.165) is 11.5 Å². The minimum absolute atomic E-state index is 0.141. The third kappa shape index (κ3) is 3.96. The maximum Gasteiger partial charge on any atom is 0.243 e. The van der Waals surface area contributed by atoms with Crippen molar-refractivity contribution in [1.82, 2.24) is 24.1 Å². The molecule has 1 aliphatic heterocycles. The quantitative estimate of drug-likeness (QED) is 0.572. The Labute approximate surface area is 175 Å². The summed E-state index contributed by atoms with van der Waals surface area (Å²) in [6, 6.07) is 9.91. The normalized spacial score (nSPS) is 15.3. The minimum atomic E-state index is -3.66. The van der Waals surface area contributed by atoms with E-state index >= 15 is 0 Å². The molecule has 0 radical (unpaired) electrons. The van der Waals surface area contributed by atoms with Crippen LogP contribution in [0.5, 0.6) is 0 Å². The summed E-state index contributed by atoms with van der Waals surface area (Å²) in [4.78, 5) is 22.4. The third-order valence-corrected chi connectivity index (χ3v) is 6.93. The molecule has 156 valence electrons. The Bertz CT molecular complexity index is 1180. The van der Waals surface area contributed by atoms with Gasteiger partial charge in [-0.1, -0.05) is 12.1 Å². The number of benzene rings is 1. The standard InChI is InChI=1S/C20H22N6O3S/c1-15-6-7-26(23-15)20-13-19(21-14-22-20)24-8-10-25(11-9-24)30(28,29)18-5-3-4-17(12-18)16(2)27/h3-7,12-14H,8-11H2,1-2H3. The molecule has 0 spiro atoms. The van der Waals surface area contributed by atoms with E-state index in [0.29, 0.717) is 37.6 Å². The van der Waals surface area contributed by atoms with Gasteiger partial charge in [-0.3, -0.25) is 4.79 Å². The van der Waals surface area contributed by atoms with Crippen molar-refractivity contribution in [1.29, 1.82) is 0 Å². The van der Waals surface area contributed by atoms with E-state index in [1.165, 1.54) is 29.7 Å². The van der Waals surface area contributed by atoms with Crippen LogP contribution in [-0.2, 0) is 10.0 Å². The smallest absolute Gasteiger partial charge is 0.243 e. The van der Waals surface area contributed by atoms with Gasteiger partial charge in [0.2, 0.25) is 10.0 Å². The van der Waals surface area contributed by atoms with Crippen LogP contribution in [-0.4, -0.2) is 64.4 Å². The lowest BCUT2D eigenvalue weighted by atomic mass is 10.2. The zero-order chi connectivity index (χ0) is 21.3. The number of rotatable bonds is 5. The number of ketones is 1. The lowest BCUT2D eigenvalue weighted by Crippen LogP contribution is -2.49. The van der Waals surface area contributed by atoms with Crippen molar-refractivity contribution < 1.29 is 13.2 Å². The van der Waals surface area contributed by atoms with E-state index in [4.69, 9.17) is 0 Å². The number of carbonyl (C=O) groups is 1.